The Morgan fingerprint density at radius 1 is 1.30 bits per heavy atom. The van der Waals surface area contributed by atoms with Gasteiger partial charge in [-0.3, -0.25) is 14.7 Å². The van der Waals surface area contributed by atoms with E-state index in [0.717, 1.165) is 19.5 Å². The van der Waals surface area contributed by atoms with E-state index in [9.17, 15) is 4.79 Å². The molecule has 2 aliphatic rings. The van der Waals surface area contributed by atoms with Crippen molar-refractivity contribution in [3.05, 3.63) is 18.1 Å². The molecule has 3 rings (SSSR count). The molecule has 2 fully saturated rings. The first kappa shape index (κ1) is 13.3. The van der Waals surface area contributed by atoms with Crippen LogP contribution in [0.25, 0.3) is 0 Å². The predicted octanol–water partition coefficient (Wildman–Crippen LogP) is 0.827. The molecule has 1 aromatic heterocycles. The second-order valence-electron chi connectivity index (χ2n) is 5.63. The Morgan fingerprint density at radius 3 is 2.90 bits per heavy atom. The molecule has 108 valence electrons. The predicted molar refractivity (Wildman–Crippen MR) is 76.7 cm³/mol. The summed E-state index contributed by atoms with van der Waals surface area (Å²) in [4.78, 5) is 25.3. The molecule has 0 radical (unpaired) electrons. The Labute approximate surface area is 119 Å². The molecule has 1 N–H and O–H groups in total. The number of likely N-dealkylation sites (N-methyl/N-ethyl adjacent to an activating group) is 1. The van der Waals surface area contributed by atoms with Crippen LogP contribution in [0.5, 0.6) is 0 Å². The van der Waals surface area contributed by atoms with Crippen LogP contribution < -0.4 is 5.32 Å². The van der Waals surface area contributed by atoms with Gasteiger partial charge in [0.1, 0.15) is 11.5 Å². The SMILES string of the molecule is CNc1cncc(C(=O)N2CCC3CCC(C2)N3C)n1. The lowest BCUT2D eigenvalue weighted by Gasteiger charge is -2.25. The molecule has 2 saturated heterocycles. The minimum absolute atomic E-state index is 0.00412. The van der Waals surface area contributed by atoms with Crippen LogP contribution in [0.2, 0.25) is 0 Å². The summed E-state index contributed by atoms with van der Waals surface area (Å²) in [5.41, 5.74) is 0.428. The fourth-order valence-corrected chi connectivity index (χ4v) is 3.24. The van der Waals surface area contributed by atoms with E-state index in [4.69, 9.17) is 0 Å². The average Bonchev–Trinajstić information content (AvgIpc) is 2.71. The fourth-order valence-electron chi connectivity index (χ4n) is 3.24. The molecule has 20 heavy (non-hydrogen) atoms. The van der Waals surface area contributed by atoms with Gasteiger partial charge in [-0.15, -0.1) is 0 Å². The second-order valence-corrected chi connectivity index (χ2v) is 5.63. The van der Waals surface area contributed by atoms with Crippen LogP contribution in [0.15, 0.2) is 12.4 Å². The van der Waals surface area contributed by atoms with Crippen molar-refractivity contribution in [3.63, 3.8) is 0 Å². The van der Waals surface area contributed by atoms with E-state index in [2.05, 4.69) is 27.2 Å². The Kier molecular flexibility index (Phi) is 3.56. The van der Waals surface area contributed by atoms with E-state index in [1.807, 2.05) is 4.90 Å². The Balaban J connectivity index is 1.77. The van der Waals surface area contributed by atoms with Crippen LogP contribution in [0.1, 0.15) is 29.8 Å². The summed E-state index contributed by atoms with van der Waals surface area (Å²) in [6.07, 6.45) is 6.67. The Hall–Kier alpha value is -1.69. The van der Waals surface area contributed by atoms with Gasteiger partial charge in [-0.25, -0.2) is 4.98 Å². The third kappa shape index (κ3) is 2.35. The number of rotatable bonds is 2. The maximum absolute atomic E-state index is 12.6. The van der Waals surface area contributed by atoms with E-state index in [1.54, 1.807) is 19.4 Å². The zero-order valence-corrected chi connectivity index (χ0v) is 12.0. The number of fused-ring (bicyclic) bond motifs is 2. The number of hydrogen-bond acceptors (Lipinski definition) is 5. The van der Waals surface area contributed by atoms with Crippen molar-refractivity contribution in [1.82, 2.24) is 19.8 Å². The molecule has 0 aromatic carbocycles. The number of hydrogen-bond donors (Lipinski definition) is 1. The molecular formula is C14H21N5O. The normalized spacial score (nSPS) is 26.4. The highest BCUT2D eigenvalue weighted by molar-refractivity contribution is 5.92. The summed E-state index contributed by atoms with van der Waals surface area (Å²) in [7, 11) is 3.95. The quantitative estimate of drug-likeness (QED) is 0.866. The molecular weight excluding hydrogens is 254 g/mol. The standard InChI is InChI=1S/C14H21N5O/c1-15-13-8-16-7-12(17-13)14(20)19-6-5-10-3-4-11(9-19)18(10)2/h7-8,10-11H,3-6,9H2,1-2H3,(H,15,17). The number of carbonyl (C=O) groups excluding carboxylic acids is 1. The molecule has 0 spiro atoms. The molecule has 0 aliphatic carbocycles. The third-order valence-corrected chi connectivity index (χ3v) is 4.55. The van der Waals surface area contributed by atoms with Gasteiger partial charge in [0.2, 0.25) is 0 Å². The van der Waals surface area contributed by atoms with Gasteiger partial charge in [-0.2, -0.15) is 0 Å². The van der Waals surface area contributed by atoms with E-state index in [1.165, 1.54) is 12.8 Å². The summed E-state index contributed by atoms with van der Waals surface area (Å²) in [5.74, 6) is 0.625. The van der Waals surface area contributed by atoms with Gasteiger partial charge < -0.3 is 10.2 Å². The van der Waals surface area contributed by atoms with Crippen molar-refractivity contribution in [1.29, 1.82) is 0 Å². The van der Waals surface area contributed by atoms with Gasteiger partial charge in [-0.05, 0) is 26.3 Å². The molecule has 1 aromatic rings. The zero-order valence-electron chi connectivity index (χ0n) is 12.0. The molecule has 6 nitrogen and oxygen atoms in total. The summed E-state index contributed by atoms with van der Waals surface area (Å²) >= 11 is 0. The topological polar surface area (TPSA) is 61.4 Å². The van der Waals surface area contributed by atoms with E-state index in [0.29, 0.717) is 23.6 Å². The highest BCUT2D eigenvalue weighted by Crippen LogP contribution is 2.28. The minimum Gasteiger partial charge on any atom is -0.372 e. The molecule has 2 aliphatic heterocycles. The van der Waals surface area contributed by atoms with E-state index >= 15 is 0 Å². The Bertz CT molecular complexity index is 506. The van der Waals surface area contributed by atoms with Crippen LogP contribution in [0.3, 0.4) is 0 Å². The molecule has 6 heteroatoms. The third-order valence-electron chi connectivity index (χ3n) is 4.55. The summed E-state index contributed by atoms with van der Waals surface area (Å²) in [6, 6.07) is 1.12. The highest BCUT2D eigenvalue weighted by Gasteiger charge is 2.36. The average molecular weight is 275 g/mol. The summed E-state index contributed by atoms with van der Waals surface area (Å²) in [5, 5.41) is 2.92. The smallest absolute Gasteiger partial charge is 0.274 e. The molecule has 0 saturated carbocycles. The molecule has 1 amide bonds. The van der Waals surface area contributed by atoms with Crippen molar-refractivity contribution in [2.75, 3.05) is 32.5 Å². The van der Waals surface area contributed by atoms with Crippen molar-refractivity contribution in [2.45, 2.75) is 31.3 Å². The van der Waals surface area contributed by atoms with Crippen LogP contribution >= 0.6 is 0 Å². The Morgan fingerprint density at radius 2 is 2.10 bits per heavy atom. The van der Waals surface area contributed by atoms with Gasteiger partial charge in [-0.1, -0.05) is 0 Å². The molecule has 2 unspecified atom stereocenters. The van der Waals surface area contributed by atoms with Gasteiger partial charge in [0, 0.05) is 32.2 Å². The van der Waals surface area contributed by atoms with Crippen molar-refractivity contribution in [2.24, 2.45) is 0 Å². The van der Waals surface area contributed by atoms with Crippen molar-refractivity contribution in [3.8, 4) is 0 Å². The first-order chi connectivity index (χ1) is 9.69. The fraction of sp³-hybridized carbons (Fsp3) is 0.643. The first-order valence-corrected chi connectivity index (χ1v) is 7.20. The van der Waals surface area contributed by atoms with E-state index in [-0.39, 0.29) is 5.91 Å². The van der Waals surface area contributed by atoms with Crippen molar-refractivity contribution < 1.29 is 4.79 Å². The number of carbonyl (C=O) groups is 1. The number of aromatic nitrogens is 2. The molecule has 3 heterocycles. The number of anilines is 1. The summed E-state index contributed by atoms with van der Waals surface area (Å²) in [6.45, 7) is 1.62. The largest absolute Gasteiger partial charge is 0.372 e. The van der Waals surface area contributed by atoms with E-state index < -0.39 is 0 Å². The monoisotopic (exact) mass is 275 g/mol. The lowest BCUT2D eigenvalue weighted by molar-refractivity contribution is 0.0734. The summed E-state index contributed by atoms with van der Waals surface area (Å²) < 4.78 is 0. The van der Waals surface area contributed by atoms with Gasteiger partial charge in [0.05, 0.1) is 12.4 Å². The lowest BCUT2D eigenvalue weighted by Crippen LogP contribution is -2.40. The zero-order chi connectivity index (χ0) is 14.1. The highest BCUT2D eigenvalue weighted by atomic mass is 16.2. The minimum atomic E-state index is -0.00412. The van der Waals surface area contributed by atoms with Crippen LogP contribution in [0.4, 0.5) is 5.82 Å². The number of nitrogens with one attached hydrogen (secondary N) is 1. The maximum atomic E-state index is 12.6. The van der Waals surface area contributed by atoms with Crippen LogP contribution in [-0.2, 0) is 0 Å². The molecule has 2 atom stereocenters. The number of likely N-dealkylation sites (tertiary alicyclic amines) is 1. The van der Waals surface area contributed by atoms with Crippen LogP contribution in [0, 0.1) is 0 Å². The van der Waals surface area contributed by atoms with Gasteiger partial charge in [0.25, 0.3) is 5.91 Å². The first-order valence-electron chi connectivity index (χ1n) is 7.20. The van der Waals surface area contributed by atoms with Crippen LogP contribution in [-0.4, -0.2) is 64.9 Å². The van der Waals surface area contributed by atoms with Gasteiger partial charge in [0.15, 0.2) is 0 Å². The van der Waals surface area contributed by atoms with Crippen molar-refractivity contribution >= 4 is 11.7 Å². The second kappa shape index (κ2) is 5.36. The number of amides is 1. The maximum Gasteiger partial charge on any atom is 0.274 e. The lowest BCUT2D eigenvalue weighted by atomic mass is 10.1. The van der Waals surface area contributed by atoms with Gasteiger partial charge >= 0.3 is 0 Å². The molecule has 2 bridgehead atoms. The number of nitrogens with zero attached hydrogens (tertiary/aromatic N) is 4.